The summed E-state index contributed by atoms with van der Waals surface area (Å²) in [5.74, 6) is 2.37. The molecule has 2 N–H and O–H groups in total. The van der Waals surface area contributed by atoms with Crippen molar-refractivity contribution in [3.05, 3.63) is 0 Å². The molecule has 0 unspecified atom stereocenters. The summed E-state index contributed by atoms with van der Waals surface area (Å²) in [7, 11) is 1.85. The van der Waals surface area contributed by atoms with E-state index in [4.69, 9.17) is 9.47 Å². The SMILES string of the molecule is CN=C(NCCCOCC1CCOCC1)NC1CCN(CC(C)C)CC1. The number of guanidine groups is 1. The topological polar surface area (TPSA) is 58.1 Å². The van der Waals surface area contributed by atoms with Crippen molar-refractivity contribution in [2.45, 2.75) is 52.0 Å². The quantitative estimate of drug-likeness (QED) is 0.371. The van der Waals surface area contributed by atoms with Gasteiger partial charge in [-0.2, -0.15) is 0 Å². The standard InChI is InChI=1S/C20H40N4O2/c1-17(2)15-24-10-5-19(6-11-24)23-20(21-3)22-9-4-12-26-16-18-7-13-25-14-8-18/h17-19H,4-16H2,1-3H3,(H2,21,22,23). The van der Waals surface area contributed by atoms with Crippen molar-refractivity contribution in [3.8, 4) is 0 Å². The first-order valence-electron chi connectivity index (χ1n) is 10.5. The molecule has 2 aliphatic heterocycles. The minimum absolute atomic E-state index is 0.536. The molecule has 0 radical (unpaired) electrons. The third kappa shape index (κ3) is 8.69. The lowest BCUT2D eigenvalue weighted by Gasteiger charge is -2.34. The lowest BCUT2D eigenvalue weighted by atomic mass is 10.0. The van der Waals surface area contributed by atoms with E-state index >= 15 is 0 Å². The van der Waals surface area contributed by atoms with Crippen LogP contribution in [-0.2, 0) is 9.47 Å². The van der Waals surface area contributed by atoms with Gasteiger partial charge >= 0.3 is 0 Å². The maximum absolute atomic E-state index is 5.82. The molecule has 2 fully saturated rings. The Hall–Kier alpha value is -0.850. The van der Waals surface area contributed by atoms with Crippen LogP contribution in [0.15, 0.2) is 4.99 Å². The van der Waals surface area contributed by atoms with Crippen molar-refractivity contribution in [2.75, 3.05) is 59.7 Å². The lowest BCUT2D eigenvalue weighted by molar-refractivity contribution is 0.0203. The predicted octanol–water partition coefficient (Wildman–Crippen LogP) is 2.11. The third-order valence-corrected chi connectivity index (χ3v) is 5.23. The molecule has 0 amide bonds. The zero-order valence-corrected chi connectivity index (χ0v) is 17.1. The van der Waals surface area contributed by atoms with Crippen LogP contribution in [0.2, 0.25) is 0 Å². The molecule has 2 saturated heterocycles. The first-order valence-corrected chi connectivity index (χ1v) is 10.5. The molecule has 0 aromatic rings. The van der Waals surface area contributed by atoms with Crippen LogP contribution in [0.25, 0.3) is 0 Å². The fourth-order valence-electron chi connectivity index (χ4n) is 3.71. The highest BCUT2D eigenvalue weighted by Crippen LogP contribution is 2.14. The Morgan fingerprint density at radius 3 is 2.58 bits per heavy atom. The average molecular weight is 369 g/mol. The molecule has 0 aliphatic carbocycles. The van der Waals surface area contributed by atoms with Crippen LogP contribution in [0.4, 0.5) is 0 Å². The van der Waals surface area contributed by atoms with Gasteiger partial charge in [-0.15, -0.1) is 0 Å². The van der Waals surface area contributed by atoms with Crippen molar-refractivity contribution in [1.29, 1.82) is 0 Å². The van der Waals surface area contributed by atoms with Crippen molar-refractivity contribution < 1.29 is 9.47 Å². The second kappa shape index (κ2) is 12.5. The highest BCUT2D eigenvalue weighted by atomic mass is 16.5. The first-order chi connectivity index (χ1) is 12.7. The summed E-state index contributed by atoms with van der Waals surface area (Å²) in [6, 6.07) is 0.536. The minimum atomic E-state index is 0.536. The van der Waals surface area contributed by atoms with E-state index in [-0.39, 0.29) is 0 Å². The highest BCUT2D eigenvalue weighted by molar-refractivity contribution is 5.79. The maximum Gasteiger partial charge on any atom is 0.191 e. The van der Waals surface area contributed by atoms with Gasteiger partial charge in [-0.05, 0) is 43.9 Å². The summed E-state index contributed by atoms with van der Waals surface area (Å²) in [6.45, 7) is 12.6. The molecule has 152 valence electrons. The van der Waals surface area contributed by atoms with Gasteiger partial charge in [-0.25, -0.2) is 0 Å². The molecule has 0 aromatic carbocycles. The predicted molar refractivity (Wildman–Crippen MR) is 108 cm³/mol. The smallest absolute Gasteiger partial charge is 0.191 e. The molecule has 2 rings (SSSR count). The normalized spacial score (nSPS) is 21.3. The summed E-state index contributed by atoms with van der Waals surface area (Å²) in [5, 5.41) is 7.00. The first kappa shape index (κ1) is 21.5. The van der Waals surface area contributed by atoms with E-state index in [1.807, 2.05) is 7.05 Å². The number of rotatable bonds is 9. The van der Waals surface area contributed by atoms with Crippen LogP contribution < -0.4 is 10.6 Å². The Kier molecular flexibility index (Phi) is 10.3. The van der Waals surface area contributed by atoms with Gasteiger partial charge in [0.05, 0.1) is 0 Å². The summed E-state index contributed by atoms with van der Waals surface area (Å²) in [4.78, 5) is 6.95. The zero-order chi connectivity index (χ0) is 18.6. The molecular weight excluding hydrogens is 328 g/mol. The van der Waals surface area contributed by atoms with E-state index in [1.54, 1.807) is 0 Å². The molecule has 0 bridgehead atoms. The van der Waals surface area contributed by atoms with Gasteiger partial charge in [0.2, 0.25) is 0 Å². The number of aliphatic imine (C=N–C) groups is 1. The van der Waals surface area contributed by atoms with Crippen LogP contribution in [0.1, 0.15) is 46.0 Å². The van der Waals surface area contributed by atoms with Crippen LogP contribution in [0.3, 0.4) is 0 Å². The minimum Gasteiger partial charge on any atom is -0.381 e. The van der Waals surface area contributed by atoms with E-state index in [0.29, 0.717) is 12.0 Å². The Balaban J connectivity index is 1.50. The summed E-state index contributed by atoms with van der Waals surface area (Å²) in [6.07, 6.45) is 5.69. The zero-order valence-electron chi connectivity index (χ0n) is 17.1. The van der Waals surface area contributed by atoms with Crippen LogP contribution in [0, 0.1) is 11.8 Å². The number of likely N-dealkylation sites (tertiary alicyclic amines) is 1. The molecular formula is C20H40N4O2. The van der Waals surface area contributed by atoms with E-state index < -0.39 is 0 Å². The molecule has 0 spiro atoms. The monoisotopic (exact) mass is 368 g/mol. The van der Waals surface area contributed by atoms with Crippen molar-refractivity contribution >= 4 is 5.96 Å². The Labute approximate surface area is 160 Å². The molecule has 2 heterocycles. The Bertz CT molecular complexity index is 389. The molecule has 26 heavy (non-hydrogen) atoms. The number of hydrogen-bond donors (Lipinski definition) is 2. The summed E-state index contributed by atoms with van der Waals surface area (Å²) < 4.78 is 11.2. The van der Waals surface area contributed by atoms with E-state index in [9.17, 15) is 0 Å². The van der Waals surface area contributed by atoms with Gasteiger partial charge < -0.3 is 25.0 Å². The molecule has 0 saturated carbocycles. The van der Waals surface area contributed by atoms with Crippen LogP contribution in [0.5, 0.6) is 0 Å². The molecule has 6 heteroatoms. The molecule has 2 aliphatic rings. The molecule has 6 nitrogen and oxygen atoms in total. The van der Waals surface area contributed by atoms with Crippen LogP contribution in [-0.4, -0.2) is 76.6 Å². The van der Waals surface area contributed by atoms with Gasteiger partial charge in [0, 0.05) is 65.7 Å². The number of piperidine rings is 1. The lowest BCUT2D eigenvalue weighted by Crippen LogP contribution is -2.49. The van der Waals surface area contributed by atoms with Gasteiger partial charge in [0.25, 0.3) is 0 Å². The Morgan fingerprint density at radius 1 is 1.19 bits per heavy atom. The molecule has 0 aromatic heterocycles. The fourth-order valence-corrected chi connectivity index (χ4v) is 3.71. The number of nitrogens with one attached hydrogen (secondary N) is 2. The van der Waals surface area contributed by atoms with E-state index in [2.05, 4.69) is 34.4 Å². The van der Waals surface area contributed by atoms with E-state index in [0.717, 1.165) is 64.1 Å². The van der Waals surface area contributed by atoms with Gasteiger partial charge in [0.1, 0.15) is 0 Å². The fraction of sp³-hybridized carbons (Fsp3) is 0.950. The second-order valence-corrected chi connectivity index (χ2v) is 8.10. The average Bonchev–Trinajstić information content (AvgIpc) is 2.65. The Morgan fingerprint density at radius 2 is 1.92 bits per heavy atom. The largest absolute Gasteiger partial charge is 0.381 e. The maximum atomic E-state index is 5.82. The van der Waals surface area contributed by atoms with Gasteiger partial charge in [-0.3, -0.25) is 4.99 Å². The van der Waals surface area contributed by atoms with Crippen molar-refractivity contribution in [2.24, 2.45) is 16.8 Å². The summed E-state index contributed by atoms with van der Waals surface area (Å²) >= 11 is 0. The van der Waals surface area contributed by atoms with Gasteiger partial charge in [0.15, 0.2) is 5.96 Å². The van der Waals surface area contributed by atoms with Crippen molar-refractivity contribution in [3.63, 3.8) is 0 Å². The number of hydrogen-bond acceptors (Lipinski definition) is 4. The highest BCUT2D eigenvalue weighted by Gasteiger charge is 2.20. The van der Waals surface area contributed by atoms with Crippen LogP contribution >= 0.6 is 0 Å². The van der Waals surface area contributed by atoms with Gasteiger partial charge in [-0.1, -0.05) is 13.8 Å². The second-order valence-electron chi connectivity index (χ2n) is 8.10. The molecule has 0 atom stereocenters. The third-order valence-electron chi connectivity index (χ3n) is 5.23. The van der Waals surface area contributed by atoms with Crippen molar-refractivity contribution in [1.82, 2.24) is 15.5 Å². The number of ether oxygens (including phenoxy) is 2. The number of nitrogens with zero attached hydrogens (tertiary/aromatic N) is 2. The summed E-state index contributed by atoms with van der Waals surface area (Å²) in [5.41, 5.74) is 0. The van der Waals surface area contributed by atoms with E-state index in [1.165, 1.54) is 32.5 Å².